The van der Waals surface area contributed by atoms with Crippen molar-refractivity contribution in [3.8, 4) is 0 Å². The first-order valence-electron chi connectivity index (χ1n) is 5.90. The van der Waals surface area contributed by atoms with Crippen LogP contribution in [0.4, 0.5) is 24.9 Å². The third-order valence-corrected chi connectivity index (χ3v) is 2.89. The van der Waals surface area contributed by atoms with Crippen LogP contribution in [0.15, 0.2) is 6.07 Å². The van der Waals surface area contributed by atoms with Gasteiger partial charge in [0, 0.05) is 19.7 Å². The predicted octanol–water partition coefficient (Wildman–Crippen LogP) is 1.76. The molecule has 1 aromatic rings. The van der Waals surface area contributed by atoms with E-state index in [1.165, 1.54) is 7.05 Å². The fourth-order valence-electron chi connectivity index (χ4n) is 1.91. The molecule has 5 nitrogen and oxygen atoms in total. The Bertz CT molecular complexity index is 452. The Labute approximate surface area is 108 Å². The molecule has 2 heterocycles. The van der Waals surface area contributed by atoms with Crippen LogP contribution >= 0.6 is 0 Å². The lowest BCUT2D eigenvalue weighted by molar-refractivity contribution is -0.141. The van der Waals surface area contributed by atoms with E-state index in [4.69, 9.17) is 4.74 Å². The number of anilines is 2. The first kappa shape index (κ1) is 13.9. The summed E-state index contributed by atoms with van der Waals surface area (Å²) in [6.45, 7) is 3.34. The lowest BCUT2D eigenvalue weighted by Gasteiger charge is -2.34. The Hall–Kier alpha value is -1.57. The molecule has 1 atom stereocenters. The molecule has 1 aromatic heterocycles. The zero-order chi connectivity index (χ0) is 14.0. The SMILES string of the molecule is CNc1nc(N2CCOCC2C)cc(C(F)(F)F)n1. The van der Waals surface area contributed by atoms with E-state index in [1.54, 1.807) is 4.90 Å². The van der Waals surface area contributed by atoms with Gasteiger partial charge in [0.05, 0.1) is 19.3 Å². The number of hydrogen-bond acceptors (Lipinski definition) is 5. The Balaban J connectivity index is 2.39. The summed E-state index contributed by atoms with van der Waals surface area (Å²) < 4.78 is 43.6. The summed E-state index contributed by atoms with van der Waals surface area (Å²) in [6, 6.07) is 0.956. The molecule has 0 radical (unpaired) electrons. The van der Waals surface area contributed by atoms with Gasteiger partial charge in [0.1, 0.15) is 5.82 Å². The second-order valence-electron chi connectivity index (χ2n) is 4.30. The lowest BCUT2D eigenvalue weighted by Crippen LogP contribution is -2.44. The predicted molar refractivity (Wildman–Crippen MR) is 64.2 cm³/mol. The van der Waals surface area contributed by atoms with Crippen molar-refractivity contribution in [1.29, 1.82) is 0 Å². The van der Waals surface area contributed by atoms with Crippen LogP contribution in [0.2, 0.25) is 0 Å². The number of nitrogens with one attached hydrogen (secondary N) is 1. The van der Waals surface area contributed by atoms with Gasteiger partial charge in [0.2, 0.25) is 5.95 Å². The van der Waals surface area contributed by atoms with Crippen molar-refractivity contribution in [2.45, 2.75) is 19.1 Å². The summed E-state index contributed by atoms with van der Waals surface area (Å²) in [5.41, 5.74) is -0.944. The maximum absolute atomic E-state index is 12.8. The summed E-state index contributed by atoms with van der Waals surface area (Å²) in [6.07, 6.45) is -4.49. The Kier molecular flexibility index (Phi) is 3.79. The molecule has 0 amide bonds. The van der Waals surface area contributed by atoms with Crippen LogP contribution in [0.3, 0.4) is 0 Å². The molecule has 0 aliphatic carbocycles. The van der Waals surface area contributed by atoms with Crippen LogP contribution in [0.5, 0.6) is 0 Å². The van der Waals surface area contributed by atoms with Gasteiger partial charge in [-0.1, -0.05) is 0 Å². The number of morpholine rings is 1. The number of ether oxygens (including phenoxy) is 1. The fraction of sp³-hybridized carbons (Fsp3) is 0.636. The van der Waals surface area contributed by atoms with Crippen molar-refractivity contribution < 1.29 is 17.9 Å². The third kappa shape index (κ3) is 3.06. The number of rotatable bonds is 2. The molecule has 1 N–H and O–H groups in total. The summed E-state index contributed by atoms with van der Waals surface area (Å²) in [5.74, 6) is 0.228. The fourth-order valence-corrected chi connectivity index (χ4v) is 1.91. The molecule has 0 bridgehead atoms. The van der Waals surface area contributed by atoms with E-state index in [2.05, 4.69) is 15.3 Å². The van der Waals surface area contributed by atoms with E-state index in [9.17, 15) is 13.2 Å². The maximum Gasteiger partial charge on any atom is 0.433 e. The van der Waals surface area contributed by atoms with Crippen molar-refractivity contribution in [3.63, 3.8) is 0 Å². The van der Waals surface area contributed by atoms with Gasteiger partial charge in [-0.3, -0.25) is 0 Å². The smallest absolute Gasteiger partial charge is 0.377 e. The highest BCUT2D eigenvalue weighted by Gasteiger charge is 2.34. The van der Waals surface area contributed by atoms with E-state index >= 15 is 0 Å². The van der Waals surface area contributed by atoms with Crippen LogP contribution in [0.25, 0.3) is 0 Å². The number of aromatic nitrogens is 2. The van der Waals surface area contributed by atoms with Crippen molar-refractivity contribution >= 4 is 11.8 Å². The minimum absolute atomic E-state index is 0.0190. The molecular weight excluding hydrogens is 261 g/mol. The normalized spacial score (nSPS) is 20.5. The molecule has 1 saturated heterocycles. The Morgan fingerprint density at radius 3 is 2.74 bits per heavy atom. The summed E-state index contributed by atoms with van der Waals surface area (Å²) >= 11 is 0. The third-order valence-electron chi connectivity index (χ3n) is 2.89. The molecule has 0 spiro atoms. The first-order valence-corrected chi connectivity index (χ1v) is 5.90. The highest BCUT2D eigenvalue weighted by molar-refractivity contribution is 5.46. The molecule has 106 valence electrons. The van der Waals surface area contributed by atoms with Gasteiger partial charge < -0.3 is 15.0 Å². The Morgan fingerprint density at radius 2 is 2.16 bits per heavy atom. The summed E-state index contributed by atoms with van der Waals surface area (Å²) in [5, 5.41) is 2.55. The Morgan fingerprint density at radius 1 is 1.42 bits per heavy atom. The maximum atomic E-state index is 12.8. The minimum Gasteiger partial charge on any atom is -0.377 e. The number of halogens is 3. The van der Waals surface area contributed by atoms with Gasteiger partial charge in [-0.15, -0.1) is 0 Å². The monoisotopic (exact) mass is 276 g/mol. The van der Waals surface area contributed by atoms with Gasteiger partial charge in [0.15, 0.2) is 5.69 Å². The van der Waals surface area contributed by atoms with E-state index in [0.717, 1.165) is 6.07 Å². The number of alkyl halides is 3. The van der Waals surface area contributed by atoms with Crippen LogP contribution in [0.1, 0.15) is 12.6 Å². The van der Waals surface area contributed by atoms with E-state index in [1.807, 2.05) is 6.92 Å². The highest BCUT2D eigenvalue weighted by atomic mass is 19.4. The molecule has 19 heavy (non-hydrogen) atoms. The second kappa shape index (κ2) is 5.20. The molecule has 1 unspecified atom stereocenters. The molecule has 1 aliphatic heterocycles. The van der Waals surface area contributed by atoms with Gasteiger partial charge >= 0.3 is 6.18 Å². The quantitative estimate of drug-likeness (QED) is 0.892. The van der Waals surface area contributed by atoms with Crippen LogP contribution < -0.4 is 10.2 Å². The topological polar surface area (TPSA) is 50.3 Å². The van der Waals surface area contributed by atoms with Crippen molar-refractivity contribution in [2.75, 3.05) is 37.0 Å². The molecule has 0 saturated carbocycles. The van der Waals surface area contributed by atoms with Gasteiger partial charge in [-0.05, 0) is 6.92 Å². The van der Waals surface area contributed by atoms with Crippen LogP contribution in [-0.2, 0) is 10.9 Å². The molecular formula is C11H15F3N4O. The summed E-state index contributed by atoms with van der Waals surface area (Å²) in [4.78, 5) is 9.32. The molecule has 1 aliphatic rings. The van der Waals surface area contributed by atoms with Crippen LogP contribution in [-0.4, -0.2) is 42.8 Å². The molecule has 8 heteroatoms. The van der Waals surface area contributed by atoms with E-state index in [-0.39, 0.29) is 17.8 Å². The zero-order valence-corrected chi connectivity index (χ0v) is 10.7. The van der Waals surface area contributed by atoms with E-state index in [0.29, 0.717) is 19.8 Å². The standard InChI is InChI=1S/C11H15F3N4O/c1-7-6-19-4-3-18(7)9-5-8(11(12,13)14)16-10(15-2)17-9/h5,7H,3-4,6H2,1-2H3,(H,15,16,17). The van der Waals surface area contributed by atoms with Crippen molar-refractivity contribution in [3.05, 3.63) is 11.8 Å². The lowest BCUT2D eigenvalue weighted by atomic mass is 10.2. The van der Waals surface area contributed by atoms with Crippen molar-refractivity contribution in [2.24, 2.45) is 0 Å². The van der Waals surface area contributed by atoms with Gasteiger partial charge in [0.25, 0.3) is 0 Å². The van der Waals surface area contributed by atoms with Crippen molar-refractivity contribution in [1.82, 2.24) is 9.97 Å². The minimum atomic E-state index is -4.49. The molecule has 1 fully saturated rings. The average Bonchev–Trinajstić information content (AvgIpc) is 2.37. The molecule has 0 aromatic carbocycles. The zero-order valence-electron chi connectivity index (χ0n) is 10.7. The van der Waals surface area contributed by atoms with Crippen LogP contribution in [0, 0.1) is 0 Å². The molecule has 2 rings (SSSR count). The first-order chi connectivity index (χ1) is 8.91. The number of nitrogens with zero attached hydrogens (tertiary/aromatic N) is 3. The van der Waals surface area contributed by atoms with E-state index < -0.39 is 11.9 Å². The second-order valence-corrected chi connectivity index (χ2v) is 4.30. The number of hydrogen-bond donors (Lipinski definition) is 1. The summed E-state index contributed by atoms with van der Waals surface area (Å²) in [7, 11) is 1.49. The van der Waals surface area contributed by atoms with Gasteiger partial charge in [-0.2, -0.15) is 18.2 Å². The average molecular weight is 276 g/mol. The highest BCUT2D eigenvalue weighted by Crippen LogP contribution is 2.31. The van der Waals surface area contributed by atoms with Gasteiger partial charge in [-0.25, -0.2) is 4.98 Å². The largest absolute Gasteiger partial charge is 0.433 e.